The predicted molar refractivity (Wildman–Crippen MR) is 97.2 cm³/mol. The van der Waals surface area contributed by atoms with Gasteiger partial charge in [-0.25, -0.2) is 4.68 Å². The molecule has 1 atom stereocenters. The smallest absolute Gasteiger partial charge is 0.163 e. The molecule has 0 spiro atoms. The molecule has 2 aromatic carbocycles. The Labute approximate surface area is 143 Å². The third kappa shape index (κ3) is 3.09. The summed E-state index contributed by atoms with van der Waals surface area (Å²) in [6, 6.07) is 20.7. The molecule has 3 nitrogen and oxygen atoms in total. The summed E-state index contributed by atoms with van der Waals surface area (Å²) in [7, 11) is 0. The van der Waals surface area contributed by atoms with Crippen LogP contribution in [-0.4, -0.2) is 9.78 Å². The number of aryl methyl sites for hydroxylation is 1. The maximum atomic E-state index is 9.25. The lowest BCUT2D eigenvalue weighted by Crippen LogP contribution is -2.00. The fourth-order valence-electron chi connectivity index (χ4n) is 2.82. The highest BCUT2D eigenvalue weighted by Gasteiger charge is 2.12. The van der Waals surface area contributed by atoms with Gasteiger partial charge in [0.25, 0.3) is 0 Å². The quantitative estimate of drug-likeness (QED) is 0.661. The van der Waals surface area contributed by atoms with Gasteiger partial charge in [-0.3, -0.25) is 0 Å². The Kier molecular flexibility index (Phi) is 4.48. The zero-order valence-corrected chi connectivity index (χ0v) is 14.3. The standard InChI is InChI=1S/C21H21N3/c1-4-16(3)17-8-10-18(11-9-17)21-13-19(14-22)23-24(21)20-7-5-6-15(2)12-20/h5-13,16H,4H2,1-3H3. The molecule has 0 bridgehead atoms. The van der Waals surface area contributed by atoms with Crippen LogP contribution in [0.1, 0.15) is 43.0 Å². The average Bonchev–Trinajstić information content (AvgIpc) is 3.05. The third-order valence-electron chi connectivity index (χ3n) is 4.46. The molecule has 1 aromatic heterocycles. The minimum atomic E-state index is 0.428. The van der Waals surface area contributed by atoms with E-state index in [9.17, 15) is 5.26 Å². The molecule has 0 aliphatic rings. The first kappa shape index (κ1) is 16.0. The van der Waals surface area contributed by atoms with E-state index in [1.54, 1.807) is 0 Å². The number of hydrogen-bond donors (Lipinski definition) is 0. The summed E-state index contributed by atoms with van der Waals surface area (Å²) >= 11 is 0. The molecule has 1 heterocycles. The molecule has 24 heavy (non-hydrogen) atoms. The number of benzene rings is 2. The van der Waals surface area contributed by atoms with Crippen LogP contribution in [-0.2, 0) is 0 Å². The van der Waals surface area contributed by atoms with E-state index < -0.39 is 0 Å². The van der Waals surface area contributed by atoms with E-state index >= 15 is 0 Å². The molecule has 0 N–H and O–H groups in total. The zero-order chi connectivity index (χ0) is 17.1. The third-order valence-corrected chi connectivity index (χ3v) is 4.46. The molecule has 0 radical (unpaired) electrons. The van der Waals surface area contributed by atoms with Crippen LogP contribution in [0, 0.1) is 18.3 Å². The van der Waals surface area contributed by atoms with Crippen molar-refractivity contribution >= 4 is 0 Å². The minimum Gasteiger partial charge on any atom is -0.232 e. The summed E-state index contributed by atoms with van der Waals surface area (Å²) in [4.78, 5) is 0. The van der Waals surface area contributed by atoms with Crippen LogP contribution >= 0.6 is 0 Å². The first-order valence-electron chi connectivity index (χ1n) is 8.30. The summed E-state index contributed by atoms with van der Waals surface area (Å²) in [5.41, 5.74) is 5.91. The average molecular weight is 315 g/mol. The highest BCUT2D eigenvalue weighted by atomic mass is 15.3. The topological polar surface area (TPSA) is 41.6 Å². The lowest BCUT2D eigenvalue weighted by molar-refractivity contribution is 0.733. The fourth-order valence-corrected chi connectivity index (χ4v) is 2.82. The number of rotatable bonds is 4. The lowest BCUT2D eigenvalue weighted by Gasteiger charge is -2.11. The number of aromatic nitrogens is 2. The van der Waals surface area contributed by atoms with E-state index in [0.29, 0.717) is 11.6 Å². The van der Waals surface area contributed by atoms with Crippen LogP contribution in [0.4, 0.5) is 0 Å². The molecule has 0 fully saturated rings. The van der Waals surface area contributed by atoms with Gasteiger partial charge in [0.1, 0.15) is 6.07 Å². The van der Waals surface area contributed by atoms with Gasteiger partial charge in [0.2, 0.25) is 0 Å². The Morgan fingerprint density at radius 1 is 1.12 bits per heavy atom. The summed E-state index contributed by atoms with van der Waals surface area (Å²) in [5.74, 6) is 0.551. The molecule has 120 valence electrons. The zero-order valence-electron chi connectivity index (χ0n) is 14.3. The first-order chi connectivity index (χ1) is 11.6. The fraction of sp³-hybridized carbons (Fsp3) is 0.238. The number of nitrogens with zero attached hydrogens (tertiary/aromatic N) is 3. The number of nitriles is 1. The van der Waals surface area contributed by atoms with Crippen molar-refractivity contribution in [3.63, 3.8) is 0 Å². The van der Waals surface area contributed by atoms with Gasteiger partial charge in [-0.15, -0.1) is 0 Å². The largest absolute Gasteiger partial charge is 0.232 e. The Morgan fingerprint density at radius 2 is 1.88 bits per heavy atom. The Balaban J connectivity index is 2.08. The van der Waals surface area contributed by atoms with E-state index in [2.05, 4.69) is 68.3 Å². The van der Waals surface area contributed by atoms with Gasteiger partial charge >= 0.3 is 0 Å². The van der Waals surface area contributed by atoms with Crippen molar-refractivity contribution in [1.29, 1.82) is 5.26 Å². The molecule has 0 aliphatic heterocycles. The maximum Gasteiger partial charge on any atom is 0.163 e. The summed E-state index contributed by atoms with van der Waals surface area (Å²) in [6.45, 7) is 6.49. The second kappa shape index (κ2) is 6.72. The van der Waals surface area contributed by atoms with E-state index in [1.165, 1.54) is 11.1 Å². The highest BCUT2D eigenvalue weighted by molar-refractivity contribution is 5.64. The molecular formula is C21H21N3. The SMILES string of the molecule is CCC(C)c1ccc(-c2cc(C#N)nn2-c2cccc(C)c2)cc1. The second-order valence-corrected chi connectivity index (χ2v) is 6.21. The Bertz CT molecular complexity index is 882. The molecule has 0 saturated heterocycles. The second-order valence-electron chi connectivity index (χ2n) is 6.21. The summed E-state index contributed by atoms with van der Waals surface area (Å²) in [5, 5.41) is 13.7. The van der Waals surface area contributed by atoms with Gasteiger partial charge in [0.15, 0.2) is 5.69 Å². The van der Waals surface area contributed by atoms with E-state index in [-0.39, 0.29) is 0 Å². The van der Waals surface area contributed by atoms with Crippen molar-refractivity contribution in [2.45, 2.75) is 33.1 Å². The van der Waals surface area contributed by atoms with Gasteiger partial charge in [-0.05, 0) is 42.5 Å². The number of hydrogen-bond acceptors (Lipinski definition) is 2. The van der Waals surface area contributed by atoms with Crippen molar-refractivity contribution in [1.82, 2.24) is 9.78 Å². The van der Waals surface area contributed by atoms with Crippen molar-refractivity contribution in [2.24, 2.45) is 0 Å². The summed E-state index contributed by atoms with van der Waals surface area (Å²) < 4.78 is 1.85. The molecular weight excluding hydrogens is 294 g/mol. The van der Waals surface area contributed by atoms with Gasteiger partial charge < -0.3 is 0 Å². The monoisotopic (exact) mass is 315 g/mol. The van der Waals surface area contributed by atoms with Crippen molar-refractivity contribution in [3.8, 4) is 23.0 Å². The van der Waals surface area contributed by atoms with Crippen molar-refractivity contribution in [2.75, 3.05) is 0 Å². The normalized spacial score (nSPS) is 11.9. The molecule has 3 rings (SSSR count). The van der Waals surface area contributed by atoms with Crippen LogP contribution in [0.5, 0.6) is 0 Å². The van der Waals surface area contributed by atoms with Gasteiger partial charge in [0.05, 0.1) is 11.4 Å². The molecule has 0 aliphatic carbocycles. The van der Waals surface area contributed by atoms with Crippen LogP contribution in [0.15, 0.2) is 54.6 Å². The van der Waals surface area contributed by atoms with E-state index in [0.717, 1.165) is 23.4 Å². The predicted octanol–water partition coefficient (Wildman–Crippen LogP) is 5.23. The van der Waals surface area contributed by atoms with Gasteiger partial charge in [0, 0.05) is 11.6 Å². The molecule has 1 unspecified atom stereocenters. The van der Waals surface area contributed by atoms with Crippen LogP contribution in [0.2, 0.25) is 0 Å². The van der Waals surface area contributed by atoms with Crippen LogP contribution < -0.4 is 0 Å². The molecule has 3 heteroatoms. The minimum absolute atomic E-state index is 0.428. The Hall–Kier alpha value is -2.86. The van der Waals surface area contributed by atoms with Crippen LogP contribution in [0.3, 0.4) is 0 Å². The van der Waals surface area contributed by atoms with Crippen LogP contribution in [0.25, 0.3) is 16.9 Å². The first-order valence-corrected chi connectivity index (χ1v) is 8.30. The molecule has 0 amide bonds. The van der Waals surface area contributed by atoms with Crippen molar-refractivity contribution in [3.05, 3.63) is 71.4 Å². The molecule has 3 aromatic rings. The van der Waals surface area contributed by atoms with Gasteiger partial charge in [-0.2, -0.15) is 10.4 Å². The highest BCUT2D eigenvalue weighted by Crippen LogP contribution is 2.27. The van der Waals surface area contributed by atoms with Crippen molar-refractivity contribution < 1.29 is 0 Å². The van der Waals surface area contributed by atoms with Gasteiger partial charge in [-0.1, -0.05) is 50.2 Å². The lowest BCUT2D eigenvalue weighted by atomic mass is 9.97. The van der Waals surface area contributed by atoms with E-state index in [4.69, 9.17) is 0 Å². The summed E-state index contributed by atoms with van der Waals surface area (Å²) in [6.07, 6.45) is 1.12. The maximum absolute atomic E-state index is 9.25. The Morgan fingerprint density at radius 3 is 2.50 bits per heavy atom. The molecule has 0 saturated carbocycles. The van der Waals surface area contributed by atoms with E-state index in [1.807, 2.05) is 22.9 Å².